The first-order chi connectivity index (χ1) is 7.70. The summed E-state index contributed by atoms with van der Waals surface area (Å²) in [5.74, 6) is 0.228. The molecule has 1 aliphatic heterocycles. The van der Waals surface area contributed by atoms with Crippen LogP contribution in [0.2, 0.25) is 0 Å². The Bertz CT molecular complexity index is 215. The summed E-state index contributed by atoms with van der Waals surface area (Å²) < 4.78 is 5.11. The molecular formula is C12H24N2O2. The van der Waals surface area contributed by atoms with Gasteiger partial charge in [-0.05, 0) is 33.2 Å². The van der Waals surface area contributed by atoms with E-state index in [2.05, 4.69) is 5.32 Å². The third-order valence-electron chi connectivity index (χ3n) is 3.17. The van der Waals surface area contributed by atoms with Gasteiger partial charge in [0.05, 0.1) is 18.7 Å². The number of likely N-dealkylation sites (N-methyl/N-ethyl adjacent to an activating group) is 1. The number of methoxy groups -OCH3 is 1. The molecule has 0 saturated carbocycles. The van der Waals surface area contributed by atoms with Crippen molar-refractivity contribution in [3.63, 3.8) is 0 Å². The summed E-state index contributed by atoms with van der Waals surface area (Å²) in [6.45, 7) is 6.38. The maximum atomic E-state index is 12.3. The van der Waals surface area contributed by atoms with Crippen LogP contribution in [-0.4, -0.2) is 49.7 Å². The molecule has 0 aromatic carbocycles. The van der Waals surface area contributed by atoms with Crippen LogP contribution in [0.1, 0.15) is 33.1 Å². The van der Waals surface area contributed by atoms with Gasteiger partial charge in [-0.1, -0.05) is 6.42 Å². The molecule has 4 nitrogen and oxygen atoms in total. The minimum Gasteiger partial charge on any atom is -0.383 e. The van der Waals surface area contributed by atoms with Crippen molar-refractivity contribution in [2.45, 2.75) is 45.2 Å². The fraction of sp³-hybridized carbons (Fsp3) is 0.917. The molecule has 1 amide bonds. The second kappa shape index (κ2) is 6.86. The topological polar surface area (TPSA) is 41.6 Å². The number of amides is 1. The summed E-state index contributed by atoms with van der Waals surface area (Å²) in [6.07, 6.45) is 3.30. The zero-order valence-corrected chi connectivity index (χ0v) is 10.7. The van der Waals surface area contributed by atoms with Crippen LogP contribution >= 0.6 is 0 Å². The number of hydrogen-bond donors (Lipinski definition) is 1. The fourth-order valence-corrected chi connectivity index (χ4v) is 2.28. The van der Waals surface area contributed by atoms with E-state index in [1.54, 1.807) is 7.11 Å². The van der Waals surface area contributed by atoms with Crippen molar-refractivity contribution >= 4 is 5.91 Å². The maximum Gasteiger partial charge on any atom is 0.240 e. The molecule has 1 rings (SSSR count). The van der Waals surface area contributed by atoms with Gasteiger partial charge in [-0.25, -0.2) is 0 Å². The number of piperidine rings is 1. The number of carbonyl (C=O) groups is 1. The van der Waals surface area contributed by atoms with Crippen LogP contribution in [0.25, 0.3) is 0 Å². The Kier molecular flexibility index (Phi) is 5.77. The van der Waals surface area contributed by atoms with Gasteiger partial charge in [-0.15, -0.1) is 0 Å². The highest BCUT2D eigenvalue weighted by Gasteiger charge is 2.27. The zero-order chi connectivity index (χ0) is 12.0. The molecule has 2 atom stereocenters. The van der Waals surface area contributed by atoms with E-state index in [4.69, 9.17) is 4.74 Å². The second-order valence-corrected chi connectivity index (χ2v) is 4.43. The zero-order valence-electron chi connectivity index (χ0n) is 10.7. The van der Waals surface area contributed by atoms with Crippen molar-refractivity contribution in [3.8, 4) is 0 Å². The van der Waals surface area contributed by atoms with Crippen molar-refractivity contribution in [3.05, 3.63) is 0 Å². The average Bonchev–Trinajstić information content (AvgIpc) is 2.31. The lowest BCUT2D eigenvalue weighted by molar-refractivity contribution is -0.136. The molecular weight excluding hydrogens is 204 g/mol. The van der Waals surface area contributed by atoms with Gasteiger partial charge >= 0.3 is 0 Å². The molecule has 1 unspecified atom stereocenters. The Morgan fingerprint density at radius 1 is 1.56 bits per heavy atom. The maximum absolute atomic E-state index is 12.3. The molecule has 0 aliphatic carbocycles. The van der Waals surface area contributed by atoms with Gasteiger partial charge in [0.1, 0.15) is 0 Å². The van der Waals surface area contributed by atoms with Crippen molar-refractivity contribution in [2.24, 2.45) is 0 Å². The Hall–Kier alpha value is -0.610. The van der Waals surface area contributed by atoms with Gasteiger partial charge in [-0.2, -0.15) is 0 Å². The van der Waals surface area contributed by atoms with Crippen LogP contribution in [0.5, 0.6) is 0 Å². The van der Waals surface area contributed by atoms with Crippen LogP contribution in [0.4, 0.5) is 0 Å². The Morgan fingerprint density at radius 2 is 2.31 bits per heavy atom. The number of nitrogens with one attached hydrogen (secondary N) is 1. The minimum absolute atomic E-state index is 0.0213. The Labute approximate surface area is 98.3 Å². The quantitative estimate of drug-likeness (QED) is 0.763. The predicted octanol–water partition coefficient (Wildman–Crippen LogP) is 1.01. The number of ether oxygens (including phenoxy) is 1. The average molecular weight is 228 g/mol. The highest BCUT2D eigenvalue weighted by Crippen LogP contribution is 2.11. The largest absolute Gasteiger partial charge is 0.383 e. The van der Waals surface area contributed by atoms with Gasteiger partial charge < -0.3 is 15.0 Å². The van der Waals surface area contributed by atoms with Crippen molar-refractivity contribution in [1.29, 1.82) is 0 Å². The van der Waals surface area contributed by atoms with Gasteiger partial charge in [0.2, 0.25) is 5.91 Å². The van der Waals surface area contributed by atoms with E-state index in [-0.39, 0.29) is 18.0 Å². The standard InChI is InChI=1S/C12H24N2O2/c1-4-14(10(2)9-16-3)12(15)11-7-5-6-8-13-11/h10-11,13H,4-9H2,1-3H3/t10?,11-/m0/s1. The second-order valence-electron chi connectivity index (χ2n) is 4.43. The van der Waals surface area contributed by atoms with Crippen LogP contribution in [-0.2, 0) is 9.53 Å². The third-order valence-corrected chi connectivity index (χ3v) is 3.17. The van der Waals surface area contributed by atoms with E-state index in [9.17, 15) is 4.79 Å². The molecule has 1 heterocycles. The molecule has 0 radical (unpaired) electrons. The smallest absolute Gasteiger partial charge is 0.240 e. The van der Waals surface area contributed by atoms with E-state index >= 15 is 0 Å². The number of nitrogens with zero attached hydrogens (tertiary/aromatic N) is 1. The molecule has 1 N–H and O–H groups in total. The van der Waals surface area contributed by atoms with Gasteiger partial charge in [-0.3, -0.25) is 4.79 Å². The van der Waals surface area contributed by atoms with E-state index in [1.165, 1.54) is 6.42 Å². The number of carbonyl (C=O) groups excluding carboxylic acids is 1. The number of hydrogen-bond acceptors (Lipinski definition) is 3. The molecule has 94 valence electrons. The molecule has 0 aromatic rings. The molecule has 1 fully saturated rings. The number of rotatable bonds is 5. The Balaban J connectivity index is 2.53. The summed E-state index contributed by atoms with van der Waals surface area (Å²) in [4.78, 5) is 14.2. The minimum atomic E-state index is 0.0213. The van der Waals surface area contributed by atoms with Crippen molar-refractivity contribution < 1.29 is 9.53 Å². The normalized spacial score (nSPS) is 22.8. The van der Waals surface area contributed by atoms with Gasteiger partial charge in [0.25, 0.3) is 0 Å². The highest BCUT2D eigenvalue weighted by atomic mass is 16.5. The molecule has 0 spiro atoms. The fourth-order valence-electron chi connectivity index (χ4n) is 2.28. The molecule has 1 aliphatic rings. The lowest BCUT2D eigenvalue weighted by atomic mass is 10.0. The predicted molar refractivity (Wildman–Crippen MR) is 64.4 cm³/mol. The summed E-state index contributed by atoms with van der Waals surface area (Å²) in [7, 11) is 1.67. The van der Waals surface area contributed by atoms with Crippen molar-refractivity contribution in [1.82, 2.24) is 10.2 Å². The van der Waals surface area contributed by atoms with E-state index in [0.29, 0.717) is 6.61 Å². The molecule has 1 saturated heterocycles. The SMILES string of the molecule is CCN(C(=O)[C@@H]1CCCCN1)C(C)COC. The van der Waals surface area contributed by atoms with Gasteiger partial charge in [0, 0.05) is 13.7 Å². The third kappa shape index (κ3) is 3.46. The lowest BCUT2D eigenvalue weighted by Crippen LogP contribution is -2.52. The van der Waals surface area contributed by atoms with Gasteiger partial charge in [0.15, 0.2) is 0 Å². The van der Waals surface area contributed by atoms with Crippen LogP contribution in [0.15, 0.2) is 0 Å². The van der Waals surface area contributed by atoms with Crippen LogP contribution < -0.4 is 5.32 Å². The lowest BCUT2D eigenvalue weighted by Gasteiger charge is -2.33. The summed E-state index contributed by atoms with van der Waals surface area (Å²) in [5.41, 5.74) is 0. The molecule has 16 heavy (non-hydrogen) atoms. The van der Waals surface area contributed by atoms with E-state index in [0.717, 1.165) is 25.9 Å². The highest BCUT2D eigenvalue weighted by molar-refractivity contribution is 5.82. The summed E-state index contributed by atoms with van der Waals surface area (Å²) in [5, 5.41) is 3.30. The first-order valence-electron chi connectivity index (χ1n) is 6.23. The van der Waals surface area contributed by atoms with E-state index in [1.807, 2.05) is 18.7 Å². The molecule has 0 aromatic heterocycles. The first-order valence-corrected chi connectivity index (χ1v) is 6.23. The summed E-state index contributed by atoms with van der Waals surface area (Å²) in [6, 6.07) is 0.180. The van der Waals surface area contributed by atoms with Crippen molar-refractivity contribution in [2.75, 3.05) is 26.8 Å². The van der Waals surface area contributed by atoms with E-state index < -0.39 is 0 Å². The van der Waals surface area contributed by atoms with Crippen LogP contribution in [0.3, 0.4) is 0 Å². The first kappa shape index (κ1) is 13.5. The molecule has 4 heteroatoms. The Morgan fingerprint density at radius 3 is 2.81 bits per heavy atom. The van der Waals surface area contributed by atoms with Crippen LogP contribution in [0, 0.1) is 0 Å². The summed E-state index contributed by atoms with van der Waals surface area (Å²) >= 11 is 0. The molecule has 0 bridgehead atoms. The monoisotopic (exact) mass is 228 g/mol.